The largest absolute Gasteiger partial charge is 0.385 e. The van der Waals surface area contributed by atoms with E-state index in [4.69, 9.17) is 4.74 Å². The van der Waals surface area contributed by atoms with Gasteiger partial charge in [0.2, 0.25) is 0 Å². The van der Waals surface area contributed by atoms with Crippen molar-refractivity contribution in [2.75, 3.05) is 19.5 Å². The molecule has 0 saturated heterocycles. The molecule has 0 radical (unpaired) electrons. The summed E-state index contributed by atoms with van der Waals surface area (Å²) in [6, 6.07) is 14.7. The Morgan fingerprint density at radius 3 is 2.56 bits per heavy atom. The number of benzene rings is 2. The number of thioether (sulfide) groups is 1. The molecule has 0 amide bonds. The zero-order chi connectivity index (χ0) is 17.6. The summed E-state index contributed by atoms with van der Waals surface area (Å²) in [5, 5.41) is 9.31. The van der Waals surface area contributed by atoms with Crippen molar-refractivity contribution in [1.29, 1.82) is 0 Å². The number of nitrogens with zero attached hydrogens (tertiary/aromatic N) is 3. The molecule has 4 nitrogen and oxygen atoms in total. The minimum Gasteiger partial charge on any atom is -0.385 e. The highest BCUT2D eigenvalue weighted by molar-refractivity contribution is 7.99. The molecule has 0 aliphatic carbocycles. The second kappa shape index (κ2) is 8.27. The fourth-order valence-electron chi connectivity index (χ4n) is 2.47. The van der Waals surface area contributed by atoms with Crippen LogP contribution in [0.1, 0.15) is 12.0 Å². The van der Waals surface area contributed by atoms with Crippen LogP contribution in [-0.4, -0.2) is 34.2 Å². The van der Waals surface area contributed by atoms with E-state index < -0.39 is 0 Å². The fraction of sp³-hybridized carbons (Fsp3) is 0.263. The zero-order valence-electron chi connectivity index (χ0n) is 14.3. The van der Waals surface area contributed by atoms with Crippen LogP contribution in [0.15, 0.2) is 53.7 Å². The molecule has 6 heteroatoms. The van der Waals surface area contributed by atoms with Crippen molar-refractivity contribution in [3.8, 4) is 17.1 Å². The lowest BCUT2D eigenvalue weighted by Gasteiger charge is -2.11. The van der Waals surface area contributed by atoms with E-state index in [1.54, 1.807) is 37.1 Å². The van der Waals surface area contributed by atoms with Crippen LogP contribution in [-0.2, 0) is 4.74 Å². The number of aryl methyl sites for hydroxylation is 1. The highest BCUT2D eigenvalue weighted by Gasteiger charge is 2.18. The Kier molecular flexibility index (Phi) is 5.83. The quantitative estimate of drug-likeness (QED) is 0.461. The summed E-state index contributed by atoms with van der Waals surface area (Å²) in [6.45, 7) is 2.74. The van der Waals surface area contributed by atoms with E-state index in [0.29, 0.717) is 18.0 Å². The van der Waals surface area contributed by atoms with Crippen molar-refractivity contribution in [2.24, 2.45) is 0 Å². The van der Waals surface area contributed by atoms with Gasteiger partial charge in [-0.05, 0) is 37.6 Å². The molecule has 1 heterocycles. The summed E-state index contributed by atoms with van der Waals surface area (Å²) in [5.74, 6) is 1.06. The van der Waals surface area contributed by atoms with Gasteiger partial charge in [-0.15, -0.1) is 10.2 Å². The second-order valence-electron chi connectivity index (χ2n) is 5.65. The molecule has 0 bridgehead atoms. The molecule has 130 valence electrons. The Labute approximate surface area is 151 Å². The number of ether oxygens (including phenoxy) is 1. The standard InChI is InChI=1S/C19H20FN3OS/c1-14-8-10-15(11-9-14)23-18(16-6-3-4-7-17(16)20)21-22-19(23)25-13-5-12-24-2/h3-4,6-11H,5,12-13H2,1-2H3. The van der Waals surface area contributed by atoms with Crippen molar-refractivity contribution in [3.63, 3.8) is 0 Å². The molecule has 1 aromatic heterocycles. The Hall–Kier alpha value is -2.18. The highest BCUT2D eigenvalue weighted by Crippen LogP contribution is 2.29. The fourth-order valence-corrected chi connectivity index (χ4v) is 3.34. The van der Waals surface area contributed by atoms with Gasteiger partial charge in [-0.1, -0.05) is 41.6 Å². The minimum atomic E-state index is -0.306. The van der Waals surface area contributed by atoms with Gasteiger partial charge in [-0.3, -0.25) is 4.57 Å². The Balaban J connectivity index is 2.02. The molecule has 0 spiro atoms. The van der Waals surface area contributed by atoms with Crippen LogP contribution >= 0.6 is 11.8 Å². The predicted octanol–water partition coefficient (Wildman–Crippen LogP) is 4.51. The van der Waals surface area contributed by atoms with Gasteiger partial charge in [0.1, 0.15) is 5.82 Å². The Morgan fingerprint density at radius 1 is 1.08 bits per heavy atom. The molecular weight excluding hydrogens is 337 g/mol. The molecule has 0 aliphatic rings. The van der Waals surface area contributed by atoms with Crippen LogP contribution in [0.4, 0.5) is 4.39 Å². The first-order valence-corrected chi connectivity index (χ1v) is 9.08. The monoisotopic (exact) mass is 357 g/mol. The lowest BCUT2D eigenvalue weighted by molar-refractivity contribution is 0.200. The first-order chi connectivity index (χ1) is 12.2. The average Bonchev–Trinajstić information content (AvgIpc) is 3.03. The van der Waals surface area contributed by atoms with Gasteiger partial charge in [-0.25, -0.2) is 4.39 Å². The number of methoxy groups -OCH3 is 1. The maximum absolute atomic E-state index is 14.3. The SMILES string of the molecule is COCCCSc1nnc(-c2ccccc2F)n1-c1ccc(C)cc1. The molecule has 3 rings (SSSR count). The number of aromatic nitrogens is 3. The van der Waals surface area contributed by atoms with E-state index in [-0.39, 0.29) is 5.82 Å². The third-order valence-electron chi connectivity index (χ3n) is 3.76. The highest BCUT2D eigenvalue weighted by atomic mass is 32.2. The lowest BCUT2D eigenvalue weighted by atomic mass is 10.2. The summed E-state index contributed by atoms with van der Waals surface area (Å²) >= 11 is 1.59. The third kappa shape index (κ3) is 4.08. The van der Waals surface area contributed by atoms with Crippen LogP contribution in [0.3, 0.4) is 0 Å². The number of hydrogen-bond acceptors (Lipinski definition) is 4. The van der Waals surface area contributed by atoms with Crippen molar-refractivity contribution < 1.29 is 9.13 Å². The first kappa shape index (κ1) is 17.6. The smallest absolute Gasteiger partial charge is 0.196 e. The molecular formula is C19H20FN3OS. The third-order valence-corrected chi connectivity index (χ3v) is 4.78. The topological polar surface area (TPSA) is 39.9 Å². The van der Waals surface area contributed by atoms with Gasteiger partial charge in [0, 0.05) is 25.2 Å². The van der Waals surface area contributed by atoms with E-state index in [9.17, 15) is 4.39 Å². The molecule has 3 aromatic rings. The summed E-state index contributed by atoms with van der Waals surface area (Å²) in [6.07, 6.45) is 0.914. The van der Waals surface area contributed by atoms with Gasteiger partial charge in [0.05, 0.1) is 5.56 Å². The Morgan fingerprint density at radius 2 is 1.84 bits per heavy atom. The summed E-state index contributed by atoms with van der Waals surface area (Å²) < 4.78 is 21.3. The minimum absolute atomic E-state index is 0.306. The summed E-state index contributed by atoms with van der Waals surface area (Å²) in [7, 11) is 1.69. The molecule has 0 fully saturated rings. The van der Waals surface area contributed by atoms with Gasteiger partial charge in [0.15, 0.2) is 11.0 Å². The normalized spacial score (nSPS) is 11.0. The van der Waals surface area contributed by atoms with E-state index in [1.165, 1.54) is 11.6 Å². The van der Waals surface area contributed by atoms with Crippen molar-refractivity contribution in [2.45, 2.75) is 18.5 Å². The van der Waals surface area contributed by atoms with E-state index in [0.717, 1.165) is 23.0 Å². The molecule has 0 unspecified atom stereocenters. The predicted molar refractivity (Wildman–Crippen MR) is 98.7 cm³/mol. The van der Waals surface area contributed by atoms with Gasteiger partial charge in [0.25, 0.3) is 0 Å². The van der Waals surface area contributed by atoms with E-state index in [2.05, 4.69) is 10.2 Å². The second-order valence-corrected chi connectivity index (χ2v) is 6.71. The van der Waals surface area contributed by atoms with Gasteiger partial charge < -0.3 is 4.74 Å². The van der Waals surface area contributed by atoms with Crippen molar-refractivity contribution in [3.05, 3.63) is 59.9 Å². The van der Waals surface area contributed by atoms with Crippen LogP contribution < -0.4 is 0 Å². The molecule has 2 aromatic carbocycles. The zero-order valence-corrected chi connectivity index (χ0v) is 15.1. The van der Waals surface area contributed by atoms with Crippen LogP contribution in [0, 0.1) is 12.7 Å². The van der Waals surface area contributed by atoms with Crippen LogP contribution in [0.5, 0.6) is 0 Å². The van der Waals surface area contributed by atoms with E-state index >= 15 is 0 Å². The van der Waals surface area contributed by atoms with Crippen molar-refractivity contribution >= 4 is 11.8 Å². The Bertz CT molecular complexity index is 833. The van der Waals surface area contributed by atoms with Gasteiger partial charge in [-0.2, -0.15) is 0 Å². The summed E-state index contributed by atoms with van der Waals surface area (Å²) in [5.41, 5.74) is 2.53. The first-order valence-electron chi connectivity index (χ1n) is 8.10. The van der Waals surface area contributed by atoms with Crippen molar-refractivity contribution in [1.82, 2.24) is 14.8 Å². The average molecular weight is 357 g/mol. The van der Waals surface area contributed by atoms with Gasteiger partial charge >= 0.3 is 0 Å². The van der Waals surface area contributed by atoms with Crippen LogP contribution in [0.2, 0.25) is 0 Å². The molecule has 0 atom stereocenters. The maximum Gasteiger partial charge on any atom is 0.196 e. The molecule has 0 saturated carbocycles. The lowest BCUT2D eigenvalue weighted by Crippen LogP contribution is -2.01. The molecule has 25 heavy (non-hydrogen) atoms. The molecule has 0 aliphatic heterocycles. The number of hydrogen-bond donors (Lipinski definition) is 0. The number of rotatable bonds is 7. The van der Waals surface area contributed by atoms with Crippen LogP contribution in [0.25, 0.3) is 17.1 Å². The van der Waals surface area contributed by atoms with E-state index in [1.807, 2.05) is 35.8 Å². The summed E-state index contributed by atoms with van der Waals surface area (Å²) in [4.78, 5) is 0. The molecule has 0 N–H and O–H groups in total. The maximum atomic E-state index is 14.3. The number of halogens is 1.